The summed E-state index contributed by atoms with van der Waals surface area (Å²) in [4.78, 5) is 8.95. The number of nitro benzene ring substituents is 1. The SMILES string of the molecule is O=[N+]([O-])c1cc(S(=O)(=O)O)ccc1Cl.c1ccc2nocc2c1. The van der Waals surface area contributed by atoms with Gasteiger partial charge in [-0.3, -0.25) is 14.7 Å². The van der Waals surface area contributed by atoms with Crippen molar-refractivity contribution >= 4 is 38.3 Å². The van der Waals surface area contributed by atoms with Crippen LogP contribution < -0.4 is 0 Å². The van der Waals surface area contributed by atoms with Gasteiger partial charge in [0.2, 0.25) is 0 Å². The van der Waals surface area contributed by atoms with E-state index >= 15 is 0 Å². The summed E-state index contributed by atoms with van der Waals surface area (Å²) in [5.41, 5.74) is 0.347. The first-order valence-corrected chi connectivity index (χ1v) is 7.81. The van der Waals surface area contributed by atoms with Crippen molar-refractivity contribution in [3.05, 3.63) is 63.9 Å². The molecule has 10 heteroatoms. The van der Waals surface area contributed by atoms with Crippen molar-refractivity contribution < 1.29 is 22.4 Å². The van der Waals surface area contributed by atoms with Crippen molar-refractivity contribution in [2.45, 2.75) is 4.90 Å². The summed E-state index contributed by atoms with van der Waals surface area (Å²) in [5.74, 6) is 0. The summed E-state index contributed by atoms with van der Waals surface area (Å²) in [7, 11) is -4.44. The van der Waals surface area contributed by atoms with Gasteiger partial charge in [-0.25, -0.2) is 0 Å². The predicted octanol–water partition coefficient (Wildman–Crippen LogP) is 3.32. The molecule has 0 radical (unpaired) electrons. The molecule has 1 N–H and O–H groups in total. The van der Waals surface area contributed by atoms with Crippen LogP contribution in [0, 0.1) is 10.1 Å². The summed E-state index contributed by atoms with van der Waals surface area (Å²) in [5, 5.41) is 15.0. The van der Waals surface area contributed by atoms with Gasteiger partial charge >= 0.3 is 0 Å². The van der Waals surface area contributed by atoms with E-state index < -0.39 is 25.6 Å². The van der Waals surface area contributed by atoms with E-state index in [1.807, 2.05) is 24.3 Å². The second kappa shape index (κ2) is 6.73. The maximum Gasteiger partial charge on any atom is 0.294 e. The molecule has 23 heavy (non-hydrogen) atoms. The molecule has 0 unspecified atom stereocenters. The zero-order chi connectivity index (χ0) is 17.0. The standard InChI is InChI=1S/C7H5NO.C6H4ClNO5S/c1-2-4-7-6(3-1)5-9-8-7;7-5-2-1-4(14(11,12)13)3-6(5)8(9)10/h1-5H;1-3H,(H,11,12,13). The highest BCUT2D eigenvalue weighted by Gasteiger charge is 2.18. The Labute approximate surface area is 135 Å². The number of benzene rings is 2. The van der Waals surface area contributed by atoms with E-state index in [1.165, 1.54) is 0 Å². The molecule has 1 heterocycles. The van der Waals surface area contributed by atoms with E-state index in [1.54, 1.807) is 6.26 Å². The van der Waals surface area contributed by atoms with Crippen LogP contribution in [0.25, 0.3) is 10.9 Å². The number of hydrogen-bond donors (Lipinski definition) is 1. The Balaban J connectivity index is 0.000000182. The maximum atomic E-state index is 10.6. The van der Waals surface area contributed by atoms with Gasteiger partial charge in [0, 0.05) is 11.5 Å². The molecule has 0 fully saturated rings. The minimum Gasteiger partial charge on any atom is -0.364 e. The van der Waals surface area contributed by atoms with E-state index in [9.17, 15) is 18.5 Å². The molecule has 2 aromatic carbocycles. The van der Waals surface area contributed by atoms with Crippen LogP contribution in [0.5, 0.6) is 0 Å². The highest BCUT2D eigenvalue weighted by atomic mass is 35.5. The lowest BCUT2D eigenvalue weighted by Gasteiger charge is -1.98. The molecule has 0 aliphatic rings. The van der Waals surface area contributed by atoms with Crippen LogP contribution in [0.2, 0.25) is 5.02 Å². The van der Waals surface area contributed by atoms with E-state index in [0.29, 0.717) is 6.07 Å². The summed E-state index contributed by atoms with van der Waals surface area (Å²) in [6, 6.07) is 10.5. The number of rotatable bonds is 2. The van der Waals surface area contributed by atoms with Gasteiger partial charge in [0.15, 0.2) is 0 Å². The zero-order valence-electron chi connectivity index (χ0n) is 11.3. The molecule has 1 aromatic heterocycles. The monoisotopic (exact) mass is 356 g/mol. The van der Waals surface area contributed by atoms with Crippen molar-refractivity contribution in [1.29, 1.82) is 0 Å². The molecule has 0 bridgehead atoms. The van der Waals surface area contributed by atoms with Gasteiger partial charge in [-0.15, -0.1) is 0 Å². The molecular weight excluding hydrogens is 348 g/mol. The van der Waals surface area contributed by atoms with Crippen LogP contribution in [-0.2, 0) is 10.1 Å². The number of halogens is 1. The number of nitrogens with zero attached hydrogens (tertiary/aromatic N) is 2. The lowest BCUT2D eigenvalue weighted by atomic mass is 10.3. The number of nitro groups is 1. The van der Waals surface area contributed by atoms with Gasteiger partial charge in [0.05, 0.1) is 4.92 Å². The van der Waals surface area contributed by atoms with Crippen LogP contribution in [0.1, 0.15) is 0 Å². The summed E-state index contributed by atoms with van der Waals surface area (Å²) < 4.78 is 34.5. The van der Waals surface area contributed by atoms with Gasteiger partial charge in [0.1, 0.15) is 21.7 Å². The van der Waals surface area contributed by atoms with Gasteiger partial charge < -0.3 is 4.52 Å². The molecular formula is C13H9ClN2O6S. The van der Waals surface area contributed by atoms with Crippen LogP contribution >= 0.6 is 11.6 Å². The normalized spacial score (nSPS) is 10.9. The maximum absolute atomic E-state index is 10.6. The van der Waals surface area contributed by atoms with E-state index in [2.05, 4.69) is 5.16 Å². The zero-order valence-corrected chi connectivity index (χ0v) is 12.9. The summed E-state index contributed by atoms with van der Waals surface area (Å²) in [6.45, 7) is 0. The molecule has 0 aliphatic heterocycles. The minimum absolute atomic E-state index is 0.192. The highest BCUT2D eigenvalue weighted by molar-refractivity contribution is 7.85. The lowest BCUT2D eigenvalue weighted by molar-refractivity contribution is -0.384. The van der Waals surface area contributed by atoms with Gasteiger partial charge in [-0.05, 0) is 24.3 Å². The fourth-order valence-electron chi connectivity index (χ4n) is 1.60. The van der Waals surface area contributed by atoms with E-state index in [4.69, 9.17) is 20.7 Å². The number of aromatic nitrogens is 1. The number of fused-ring (bicyclic) bond motifs is 1. The predicted molar refractivity (Wildman–Crippen MR) is 81.9 cm³/mol. The topological polar surface area (TPSA) is 124 Å². The Morgan fingerprint density at radius 2 is 1.91 bits per heavy atom. The Kier molecular flexibility index (Phi) is 4.94. The molecule has 120 valence electrons. The Morgan fingerprint density at radius 1 is 1.22 bits per heavy atom. The lowest BCUT2D eigenvalue weighted by Crippen LogP contribution is -1.99. The molecule has 0 atom stereocenters. The first-order valence-electron chi connectivity index (χ1n) is 5.99. The van der Waals surface area contributed by atoms with Crippen molar-refractivity contribution in [2.24, 2.45) is 0 Å². The molecule has 3 aromatic rings. The molecule has 3 rings (SSSR count). The summed E-state index contributed by atoms with van der Waals surface area (Å²) >= 11 is 5.42. The van der Waals surface area contributed by atoms with Crippen molar-refractivity contribution in [3.8, 4) is 0 Å². The molecule has 0 spiro atoms. The van der Waals surface area contributed by atoms with Gasteiger partial charge in [-0.2, -0.15) is 8.42 Å². The fourth-order valence-corrected chi connectivity index (χ4v) is 2.29. The fraction of sp³-hybridized carbons (Fsp3) is 0. The number of hydrogen-bond acceptors (Lipinski definition) is 6. The smallest absolute Gasteiger partial charge is 0.294 e. The molecule has 0 saturated heterocycles. The van der Waals surface area contributed by atoms with Crippen LogP contribution in [0.3, 0.4) is 0 Å². The molecule has 0 aliphatic carbocycles. The second-order valence-electron chi connectivity index (χ2n) is 4.22. The highest BCUT2D eigenvalue weighted by Crippen LogP contribution is 2.26. The van der Waals surface area contributed by atoms with Crippen LogP contribution in [-0.4, -0.2) is 23.1 Å². The Bertz CT molecular complexity index is 924. The minimum atomic E-state index is -4.44. The van der Waals surface area contributed by atoms with Crippen molar-refractivity contribution in [1.82, 2.24) is 5.16 Å². The molecule has 8 nitrogen and oxygen atoms in total. The first-order chi connectivity index (χ1) is 10.8. The first kappa shape index (κ1) is 16.9. The third kappa shape index (κ3) is 4.25. The van der Waals surface area contributed by atoms with Gasteiger partial charge in [-0.1, -0.05) is 28.9 Å². The van der Waals surface area contributed by atoms with E-state index in [-0.39, 0.29) is 5.02 Å². The Morgan fingerprint density at radius 3 is 2.52 bits per heavy atom. The Hall–Kier alpha value is -2.49. The third-order valence-corrected chi connectivity index (χ3v) is 3.85. The van der Waals surface area contributed by atoms with Crippen molar-refractivity contribution in [2.75, 3.05) is 0 Å². The van der Waals surface area contributed by atoms with Crippen LogP contribution in [0.15, 0.2) is 58.1 Å². The molecule has 0 saturated carbocycles. The van der Waals surface area contributed by atoms with Crippen LogP contribution in [0.4, 0.5) is 5.69 Å². The second-order valence-corrected chi connectivity index (χ2v) is 6.05. The quantitative estimate of drug-likeness (QED) is 0.424. The van der Waals surface area contributed by atoms with E-state index in [0.717, 1.165) is 23.0 Å². The third-order valence-electron chi connectivity index (χ3n) is 2.68. The summed E-state index contributed by atoms with van der Waals surface area (Å²) in [6.07, 6.45) is 1.63. The molecule has 0 amide bonds. The average Bonchev–Trinajstić information content (AvgIpc) is 2.95. The van der Waals surface area contributed by atoms with Gasteiger partial charge in [0.25, 0.3) is 15.8 Å². The van der Waals surface area contributed by atoms with Crippen molar-refractivity contribution in [3.63, 3.8) is 0 Å². The largest absolute Gasteiger partial charge is 0.364 e. The average molecular weight is 357 g/mol.